The SMILES string of the molecule is CSc1ccc(CC(=O)N2CCN(C(=O)c3cc(C)[nH]c3C)CC2)cc1. The van der Waals surface area contributed by atoms with Crippen LogP contribution in [0.2, 0.25) is 0 Å². The Kier molecular flexibility index (Phi) is 5.71. The number of aromatic amines is 1. The van der Waals surface area contributed by atoms with Gasteiger partial charge in [-0.25, -0.2) is 0 Å². The summed E-state index contributed by atoms with van der Waals surface area (Å²) in [7, 11) is 0. The maximum Gasteiger partial charge on any atom is 0.255 e. The Morgan fingerprint density at radius 3 is 2.19 bits per heavy atom. The number of hydrogen-bond donors (Lipinski definition) is 1. The van der Waals surface area contributed by atoms with Gasteiger partial charge in [-0.1, -0.05) is 12.1 Å². The molecule has 2 amide bonds. The normalized spacial score (nSPS) is 14.6. The van der Waals surface area contributed by atoms with E-state index in [9.17, 15) is 9.59 Å². The van der Waals surface area contributed by atoms with Crippen LogP contribution in [0.4, 0.5) is 0 Å². The largest absolute Gasteiger partial charge is 0.362 e. The Balaban J connectivity index is 1.55. The van der Waals surface area contributed by atoms with Crippen molar-refractivity contribution in [2.45, 2.75) is 25.2 Å². The molecule has 1 aromatic carbocycles. The quantitative estimate of drug-likeness (QED) is 0.841. The molecule has 6 heteroatoms. The molecule has 1 N–H and O–H groups in total. The van der Waals surface area contributed by atoms with Crippen molar-refractivity contribution in [1.29, 1.82) is 0 Å². The van der Waals surface area contributed by atoms with Crippen LogP contribution < -0.4 is 0 Å². The number of aryl methyl sites for hydroxylation is 2. The molecule has 0 aliphatic carbocycles. The third kappa shape index (κ3) is 4.12. The number of nitrogens with zero attached hydrogens (tertiary/aromatic N) is 2. The van der Waals surface area contributed by atoms with Crippen LogP contribution in [0.25, 0.3) is 0 Å². The molecule has 1 aromatic heterocycles. The Morgan fingerprint density at radius 2 is 1.65 bits per heavy atom. The van der Waals surface area contributed by atoms with E-state index in [1.54, 1.807) is 11.8 Å². The molecule has 0 bridgehead atoms. The van der Waals surface area contributed by atoms with Gasteiger partial charge in [-0.15, -0.1) is 11.8 Å². The molecule has 2 aromatic rings. The number of H-pyrrole nitrogens is 1. The second kappa shape index (κ2) is 7.99. The molecule has 3 rings (SSSR count). The number of rotatable bonds is 4. The number of nitrogens with one attached hydrogen (secondary N) is 1. The van der Waals surface area contributed by atoms with Crippen LogP contribution in [0.1, 0.15) is 27.3 Å². The summed E-state index contributed by atoms with van der Waals surface area (Å²) in [4.78, 5) is 33.3. The smallest absolute Gasteiger partial charge is 0.255 e. The molecule has 26 heavy (non-hydrogen) atoms. The Labute approximate surface area is 158 Å². The summed E-state index contributed by atoms with van der Waals surface area (Å²) < 4.78 is 0. The van der Waals surface area contributed by atoms with Gasteiger partial charge in [0.05, 0.1) is 12.0 Å². The first kappa shape index (κ1) is 18.6. The van der Waals surface area contributed by atoms with E-state index < -0.39 is 0 Å². The zero-order valence-corrected chi connectivity index (χ0v) is 16.4. The fourth-order valence-electron chi connectivity index (χ4n) is 3.31. The molecule has 0 atom stereocenters. The van der Waals surface area contributed by atoms with Crippen molar-refractivity contribution in [2.75, 3.05) is 32.4 Å². The van der Waals surface area contributed by atoms with Gasteiger partial charge in [0.2, 0.25) is 5.91 Å². The topological polar surface area (TPSA) is 56.4 Å². The van der Waals surface area contributed by atoms with Gasteiger partial charge in [-0.05, 0) is 43.9 Å². The molecule has 5 nitrogen and oxygen atoms in total. The van der Waals surface area contributed by atoms with E-state index in [4.69, 9.17) is 0 Å². The molecule has 0 unspecified atom stereocenters. The minimum atomic E-state index is 0.0478. The second-order valence-corrected chi connectivity index (χ2v) is 7.57. The monoisotopic (exact) mass is 371 g/mol. The van der Waals surface area contributed by atoms with Crippen molar-refractivity contribution in [3.63, 3.8) is 0 Å². The summed E-state index contributed by atoms with van der Waals surface area (Å²) in [5.74, 6) is 0.175. The molecule has 0 radical (unpaired) electrons. The van der Waals surface area contributed by atoms with Gasteiger partial charge in [-0.3, -0.25) is 9.59 Å². The van der Waals surface area contributed by atoms with Crippen LogP contribution in [-0.4, -0.2) is 59.0 Å². The molecule has 138 valence electrons. The number of carbonyl (C=O) groups is 2. The van der Waals surface area contributed by atoms with Crippen molar-refractivity contribution in [1.82, 2.24) is 14.8 Å². The molecule has 1 saturated heterocycles. The summed E-state index contributed by atoms with van der Waals surface area (Å²) in [6, 6.07) is 10.0. The van der Waals surface area contributed by atoms with E-state index >= 15 is 0 Å². The highest BCUT2D eigenvalue weighted by Crippen LogP contribution is 2.17. The minimum absolute atomic E-state index is 0.0478. The van der Waals surface area contributed by atoms with Crippen molar-refractivity contribution in [3.8, 4) is 0 Å². The molecule has 2 heterocycles. The van der Waals surface area contributed by atoms with E-state index in [2.05, 4.69) is 4.98 Å². The predicted molar refractivity (Wildman–Crippen MR) is 105 cm³/mol. The molecule has 1 aliphatic heterocycles. The van der Waals surface area contributed by atoms with E-state index in [-0.39, 0.29) is 11.8 Å². The fourth-order valence-corrected chi connectivity index (χ4v) is 3.71. The lowest BCUT2D eigenvalue weighted by molar-refractivity contribution is -0.131. The lowest BCUT2D eigenvalue weighted by Gasteiger charge is -2.35. The van der Waals surface area contributed by atoms with Crippen LogP contribution in [0.15, 0.2) is 35.2 Å². The Morgan fingerprint density at radius 1 is 1.04 bits per heavy atom. The summed E-state index contributed by atoms with van der Waals surface area (Å²) in [6.45, 7) is 6.22. The van der Waals surface area contributed by atoms with Crippen molar-refractivity contribution in [3.05, 3.63) is 52.8 Å². The zero-order valence-electron chi connectivity index (χ0n) is 15.5. The number of piperazine rings is 1. The van der Waals surface area contributed by atoms with E-state index in [1.807, 2.05) is 60.2 Å². The first-order chi connectivity index (χ1) is 12.5. The fraction of sp³-hybridized carbons (Fsp3) is 0.400. The van der Waals surface area contributed by atoms with Gasteiger partial charge in [0.25, 0.3) is 5.91 Å². The van der Waals surface area contributed by atoms with Crippen LogP contribution in [0, 0.1) is 13.8 Å². The number of amides is 2. The lowest BCUT2D eigenvalue weighted by Crippen LogP contribution is -2.51. The van der Waals surface area contributed by atoms with Crippen LogP contribution in [0.3, 0.4) is 0 Å². The van der Waals surface area contributed by atoms with Crippen molar-refractivity contribution in [2.24, 2.45) is 0 Å². The molecular weight excluding hydrogens is 346 g/mol. The number of hydrogen-bond acceptors (Lipinski definition) is 3. The van der Waals surface area contributed by atoms with E-state index in [1.165, 1.54) is 4.90 Å². The molecule has 0 spiro atoms. The minimum Gasteiger partial charge on any atom is -0.362 e. The summed E-state index contributed by atoms with van der Waals surface area (Å²) >= 11 is 1.69. The molecular formula is C20H25N3O2S. The zero-order chi connectivity index (χ0) is 18.7. The average molecular weight is 372 g/mol. The van der Waals surface area contributed by atoms with Gasteiger partial charge in [0, 0.05) is 42.5 Å². The number of carbonyl (C=O) groups excluding carboxylic acids is 2. The second-order valence-electron chi connectivity index (χ2n) is 6.69. The molecule has 1 aliphatic rings. The highest BCUT2D eigenvalue weighted by atomic mass is 32.2. The van der Waals surface area contributed by atoms with E-state index in [0.717, 1.165) is 22.5 Å². The van der Waals surface area contributed by atoms with Crippen LogP contribution >= 0.6 is 11.8 Å². The highest BCUT2D eigenvalue weighted by Gasteiger charge is 2.26. The maximum atomic E-state index is 12.7. The van der Waals surface area contributed by atoms with Gasteiger partial charge < -0.3 is 14.8 Å². The molecule has 1 fully saturated rings. The highest BCUT2D eigenvalue weighted by molar-refractivity contribution is 7.98. The van der Waals surface area contributed by atoms with Crippen LogP contribution in [0.5, 0.6) is 0 Å². The summed E-state index contributed by atoms with van der Waals surface area (Å²) in [6.07, 6.45) is 2.45. The average Bonchev–Trinajstić information content (AvgIpc) is 3.00. The predicted octanol–water partition coefficient (Wildman–Crippen LogP) is 2.88. The Hall–Kier alpha value is -2.21. The summed E-state index contributed by atoms with van der Waals surface area (Å²) in [5, 5.41) is 0. The lowest BCUT2D eigenvalue weighted by atomic mass is 10.1. The summed E-state index contributed by atoms with van der Waals surface area (Å²) in [5.41, 5.74) is 3.66. The first-order valence-corrected chi connectivity index (χ1v) is 10.1. The third-order valence-electron chi connectivity index (χ3n) is 4.81. The first-order valence-electron chi connectivity index (χ1n) is 8.84. The van der Waals surface area contributed by atoms with Crippen molar-refractivity contribution < 1.29 is 9.59 Å². The van der Waals surface area contributed by atoms with Crippen LogP contribution in [-0.2, 0) is 11.2 Å². The van der Waals surface area contributed by atoms with Gasteiger partial charge in [-0.2, -0.15) is 0 Å². The van der Waals surface area contributed by atoms with Crippen molar-refractivity contribution >= 4 is 23.6 Å². The van der Waals surface area contributed by atoms with Gasteiger partial charge in [0.1, 0.15) is 0 Å². The number of benzene rings is 1. The number of thioether (sulfide) groups is 1. The standard InChI is InChI=1S/C20H25N3O2S/c1-14-12-18(15(2)21-14)20(25)23-10-8-22(9-11-23)19(24)13-16-4-6-17(26-3)7-5-16/h4-7,12,21H,8-11,13H2,1-3H3. The Bertz CT molecular complexity index is 790. The van der Waals surface area contributed by atoms with Gasteiger partial charge in [0.15, 0.2) is 0 Å². The van der Waals surface area contributed by atoms with E-state index in [0.29, 0.717) is 32.6 Å². The maximum absolute atomic E-state index is 12.7. The third-order valence-corrected chi connectivity index (χ3v) is 5.56. The van der Waals surface area contributed by atoms with Gasteiger partial charge >= 0.3 is 0 Å². The number of aromatic nitrogens is 1. The molecule has 0 saturated carbocycles.